The van der Waals surface area contributed by atoms with Crippen LogP contribution in [0.25, 0.3) is 6.08 Å². The Bertz CT molecular complexity index is 987. The van der Waals surface area contributed by atoms with E-state index >= 15 is 0 Å². The van der Waals surface area contributed by atoms with Crippen molar-refractivity contribution in [2.45, 2.75) is 25.4 Å². The molecule has 1 aliphatic carbocycles. The number of ether oxygens (including phenoxy) is 2. The van der Waals surface area contributed by atoms with Crippen molar-refractivity contribution in [1.82, 2.24) is 20.3 Å². The fraction of sp³-hybridized carbons (Fsp3) is 0.500. The van der Waals surface area contributed by atoms with Gasteiger partial charge in [-0.2, -0.15) is 4.98 Å². The molecule has 1 N–H and O–H groups in total. The Morgan fingerprint density at radius 2 is 2.09 bits per heavy atom. The molecule has 3 atom stereocenters. The molecule has 0 spiro atoms. The van der Waals surface area contributed by atoms with Crippen molar-refractivity contribution < 1.29 is 18.7 Å². The Morgan fingerprint density at radius 3 is 2.85 bits per heavy atom. The van der Waals surface area contributed by atoms with E-state index in [-0.39, 0.29) is 18.0 Å². The van der Waals surface area contributed by atoms with Crippen LogP contribution in [0.3, 0.4) is 0 Å². The maximum Gasteiger partial charge on any atom is 0.318 e. The van der Waals surface area contributed by atoms with E-state index in [1.54, 1.807) is 18.5 Å². The minimum absolute atomic E-state index is 0.0165. The molecule has 3 fully saturated rings. The molecule has 1 saturated carbocycles. The Labute approximate surface area is 192 Å². The highest BCUT2D eigenvalue weighted by molar-refractivity contribution is 5.91. The first kappa shape index (κ1) is 21.8. The van der Waals surface area contributed by atoms with Crippen molar-refractivity contribution in [1.29, 1.82) is 0 Å². The second-order valence-electron chi connectivity index (χ2n) is 8.85. The highest BCUT2D eigenvalue weighted by atomic mass is 19.1. The summed E-state index contributed by atoms with van der Waals surface area (Å²) in [6.45, 7) is 3.51. The van der Waals surface area contributed by atoms with E-state index in [9.17, 15) is 9.18 Å². The average Bonchev–Trinajstić information content (AvgIpc) is 3.28. The summed E-state index contributed by atoms with van der Waals surface area (Å²) >= 11 is 0. The van der Waals surface area contributed by atoms with Crippen LogP contribution in [0, 0.1) is 23.6 Å². The first-order valence-corrected chi connectivity index (χ1v) is 11.5. The van der Waals surface area contributed by atoms with Gasteiger partial charge in [0.05, 0.1) is 19.4 Å². The molecule has 4 heterocycles. The van der Waals surface area contributed by atoms with Gasteiger partial charge in [-0.05, 0) is 41.9 Å². The lowest BCUT2D eigenvalue weighted by Crippen LogP contribution is -2.29. The lowest BCUT2D eigenvalue weighted by molar-refractivity contribution is -0.116. The molecule has 33 heavy (non-hydrogen) atoms. The van der Waals surface area contributed by atoms with Crippen molar-refractivity contribution in [3.05, 3.63) is 48.2 Å². The number of nitrogens with one attached hydrogen (secondary N) is 1. The molecule has 2 aromatic heterocycles. The molecule has 0 radical (unpaired) electrons. The number of piperidine rings is 1. The number of halogens is 1. The van der Waals surface area contributed by atoms with Gasteiger partial charge in [0.25, 0.3) is 0 Å². The zero-order valence-corrected chi connectivity index (χ0v) is 18.4. The van der Waals surface area contributed by atoms with Crippen LogP contribution < -0.4 is 15.0 Å². The summed E-state index contributed by atoms with van der Waals surface area (Å²) in [5, 5.41) is 2.95. The molecule has 5 rings (SSSR count). The number of hydrogen-bond acceptors (Lipinski definition) is 7. The molecule has 174 valence electrons. The zero-order chi connectivity index (χ0) is 22.6. The summed E-state index contributed by atoms with van der Waals surface area (Å²) in [5.41, 5.74) is 0.891. The predicted molar refractivity (Wildman–Crippen MR) is 120 cm³/mol. The van der Waals surface area contributed by atoms with Crippen molar-refractivity contribution >= 4 is 17.8 Å². The SMILES string of the molecule is O=C(/C=C/c1cccnc1)NCCC1[C@H]2CN(c3nc(OC4CCOCC4)ncc3F)C[C@@H]12. The van der Waals surface area contributed by atoms with E-state index in [0.29, 0.717) is 43.3 Å². The number of aromatic nitrogens is 3. The maximum absolute atomic E-state index is 14.4. The number of carbonyl (C=O) groups is 1. The molecule has 2 aliphatic heterocycles. The molecule has 2 aromatic rings. The first-order chi connectivity index (χ1) is 16.2. The summed E-state index contributed by atoms with van der Waals surface area (Å²) < 4.78 is 25.6. The van der Waals surface area contributed by atoms with Crippen LogP contribution in [-0.2, 0) is 9.53 Å². The number of amides is 1. The minimum atomic E-state index is -0.417. The monoisotopic (exact) mass is 453 g/mol. The molecule has 0 bridgehead atoms. The van der Waals surface area contributed by atoms with Crippen molar-refractivity contribution in [3.63, 3.8) is 0 Å². The van der Waals surface area contributed by atoms with Gasteiger partial charge in [0.15, 0.2) is 11.6 Å². The van der Waals surface area contributed by atoms with Crippen molar-refractivity contribution in [2.24, 2.45) is 17.8 Å². The van der Waals surface area contributed by atoms with E-state index in [1.807, 2.05) is 17.0 Å². The van der Waals surface area contributed by atoms with Gasteiger partial charge in [-0.25, -0.2) is 9.37 Å². The Hall–Kier alpha value is -3.07. The third-order valence-electron chi connectivity index (χ3n) is 6.70. The van der Waals surface area contributed by atoms with E-state index in [4.69, 9.17) is 9.47 Å². The number of pyridine rings is 1. The van der Waals surface area contributed by atoms with E-state index in [1.165, 1.54) is 12.3 Å². The average molecular weight is 454 g/mol. The van der Waals surface area contributed by atoms with E-state index < -0.39 is 5.82 Å². The number of anilines is 1. The van der Waals surface area contributed by atoms with Gasteiger partial charge < -0.3 is 19.7 Å². The molecule has 3 aliphatic rings. The largest absolute Gasteiger partial charge is 0.460 e. The van der Waals surface area contributed by atoms with Crippen molar-refractivity contribution in [2.75, 3.05) is 37.7 Å². The van der Waals surface area contributed by atoms with Crippen LogP contribution in [0.5, 0.6) is 6.01 Å². The number of nitrogens with zero attached hydrogens (tertiary/aromatic N) is 4. The standard InChI is InChI=1S/C24H28FN5O3/c25-21-13-28-24(33-17-6-10-32-11-7-17)29-23(21)30-14-19-18(20(19)15-30)5-9-27-22(31)4-3-16-2-1-8-26-12-16/h1-4,8,12-13,17-20H,5-7,9-11,14-15H2,(H,27,31)/b4-3+/t18?,19-,20+. The maximum atomic E-state index is 14.4. The number of carbonyl (C=O) groups excluding carboxylic acids is 1. The van der Waals surface area contributed by atoms with Gasteiger partial charge in [0, 0.05) is 50.9 Å². The third kappa shape index (κ3) is 5.30. The summed E-state index contributed by atoms with van der Waals surface area (Å²) in [4.78, 5) is 26.4. The second kappa shape index (κ2) is 9.82. The summed E-state index contributed by atoms with van der Waals surface area (Å²) in [6.07, 6.45) is 10.4. The van der Waals surface area contributed by atoms with Gasteiger partial charge in [-0.3, -0.25) is 9.78 Å². The van der Waals surface area contributed by atoms with Gasteiger partial charge in [0.1, 0.15) is 6.10 Å². The van der Waals surface area contributed by atoms with Crippen LogP contribution in [0.2, 0.25) is 0 Å². The van der Waals surface area contributed by atoms with Gasteiger partial charge in [0.2, 0.25) is 5.91 Å². The Kier molecular flexibility index (Phi) is 6.48. The Balaban J connectivity index is 1.07. The number of hydrogen-bond donors (Lipinski definition) is 1. The minimum Gasteiger partial charge on any atom is -0.460 e. The van der Waals surface area contributed by atoms with Crippen LogP contribution in [0.4, 0.5) is 10.2 Å². The zero-order valence-electron chi connectivity index (χ0n) is 18.4. The topological polar surface area (TPSA) is 89.5 Å². The first-order valence-electron chi connectivity index (χ1n) is 11.5. The molecule has 0 aromatic carbocycles. The third-order valence-corrected chi connectivity index (χ3v) is 6.70. The molecular weight excluding hydrogens is 425 g/mol. The lowest BCUT2D eigenvalue weighted by atomic mass is 10.2. The fourth-order valence-corrected chi connectivity index (χ4v) is 4.88. The molecule has 8 nitrogen and oxygen atoms in total. The number of fused-ring (bicyclic) bond motifs is 1. The van der Waals surface area contributed by atoms with E-state index in [2.05, 4.69) is 20.3 Å². The van der Waals surface area contributed by atoms with Crippen LogP contribution in [-0.4, -0.2) is 59.8 Å². The van der Waals surface area contributed by atoms with Crippen LogP contribution >= 0.6 is 0 Å². The summed E-state index contributed by atoms with van der Waals surface area (Å²) in [7, 11) is 0. The smallest absolute Gasteiger partial charge is 0.318 e. The quantitative estimate of drug-likeness (QED) is 0.614. The normalized spacial score (nSPS) is 24.6. The van der Waals surface area contributed by atoms with Gasteiger partial charge >= 0.3 is 6.01 Å². The Morgan fingerprint density at radius 1 is 1.27 bits per heavy atom. The molecule has 2 saturated heterocycles. The molecule has 1 unspecified atom stereocenters. The number of rotatable bonds is 8. The van der Waals surface area contributed by atoms with Crippen LogP contribution in [0.15, 0.2) is 36.8 Å². The fourth-order valence-electron chi connectivity index (χ4n) is 4.88. The molecular formula is C24H28FN5O3. The lowest BCUT2D eigenvalue weighted by Gasteiger charge is -2.24. The van der Waals surface area contributed by atoms with Gasteiger partial charge in [-0.15, -0.1) is 0 Å². The highest BCUT2D eigenvalue weighted by Gasteiger charge is 2.55. The molecule has 9 heteroatoms. The predicted octanol–water partition coefficient (Wildman–Crippen LogP) is 2.47. The van der Waals surface area contributed by atoms with Crippen molar-refractivity contribution in [3.8, 4) is 6.01 Å². The van der Waals surface area contributed by atoms with Crippen LogP contribution in [0.1, 0.15) is 24.8 Å². The second-order valence-corrected chi connectivity index (χ2v) is 8.85. The van der Waals surface area contributed by atoms with Gasteiger partial charge in [-0.1, -0.05) is 6.07 Å². The van der Waals surface area contributed by atoms with E-state index in [0.717, 1.165) is 37.9 Å². The summed E-state index contributed by atoms with van der Waals surface area (Å²) in [5.74, 6) is 1.40. The molecule has 1 amide bonds. The highest BCUT2D eigenvalue weighted by Crippen LogP contribution is 2.54. The summed E-state index contributed by atoms with van der Waals surface area (Å²) in [6, 6.07) is 3.96.